The Morgan fingerprint density at radius 2 is 1.84 bits per heavy atom. The molecule has 0 radical (unpaired) electrons. The minimum absolute atomic E-state index is 0.0629. The molecular formula is C13H24O5S. The standard InChI is InChI=1S/C13H24O5S/c1-5-6-9-12(14)17-10-7-8-11-19(15,16)18-13(2,3)4/h6,9H,5,7-8,10-11H2,1-4H3. The van der Waals surface area contributed by atoms with Gasteiger partial charge in [-0.05, 0) is 40.0 Å². The molecule has 0 saturated carbocycles. The molecule has 0 aliphatic heterocycles. The van der Waals surface area contributed by atoms with Crippen molar-refractivity contribution in [3.63, 3.8) is 0 Å². The maximum Gasteiger partial charge on any atom is 0.330 e. The fraction of sp³-hybridized carbons (Fsp3) is 0.769. The van der Waals surface area contributed by atoms with Crippen molar-refractivity contribution < 1.29 is 22.1 Å². The van der Waals surface area contributed by atoms with E-state index in [4.69, 9.17) is 8.92 Å². The van der Waals surface area contributed by atoms with E-state index in [9.17, 15) is 13.2 Å². The third kappa shape index (κ3) is 11.9. The summed E-state index contributed by atoms with van der Waals surface area (Å²) < 4.78 is 32.9. The van der Waals surface area contributed by atoms with Gasteiger partial charge in [-0.15, -0.1) is 0 Å². The zero-order chi connectivity index (χ0) is 14.9. The second kappa shape index (κ2) is 8.32. The molecule has 0 bridgehead atoms. The molecular weight excluding hydrogens is 268 g/mol. The fourth-order valence-electron chi connectivity index (χ4n) is 1.24. The molecule has 0 aliphatic carbocycles. The summed E-state index contributed by atoms with van der Waals surface area (Å²) >= 11 is 0. The molecule has 0 saturated heterocycles. The van der Waals surface area contributed by atoms with Gasteiger partial charge in [-0.1, -0.05) is 13.0 Å². The number of rotatable bonds is 8. The third-order valence-electron chi connectivity index (χ3n) is 1.90. The van der Waals surface area contributed by atoms with Gasteiger partial charge < -0.3 is 4.74 Å². The first-order valence-electron chi connectivity index (χ1n) is 6.43. The number of allylic oxidation sites excluding steroid dienone is 1. The van der Waals surface area contributed by atoms with E-state index in [1.54, 1.807) is 26.8 Å². The van der Waals surface area contributed by atoms with Crippen LogP contribution in [0.2, 0.25) is 0 Å². The molecule has 112 valence electrons. The Bertz CT molecular complexity index is 390. The highest BCUT2D eigenvalue weighted by molar-refractivity contribution is 7.86. The summed E-state index contributed by atoms with van der Waals surface area (Å²) in [7, 11) is -3.51. The maximum atomic E-state index is 11.5. The summed E-state index contributed by atoms with van der Waals surface area (Å²) in [5, 5.41) is 0. The van der Waals surface area contributed by atoms with Crippen molar-refractivity contribution in [2.75, 3.05) is 12.4 Å². The molecule has 0 aromatic carbocycles. The molecule has 0 aromatic heterocycles. The predicted octanol–water partition coefficient (Wildman–Crippen LogP) is 2.42. The maximum absolute atomic E-state index is 11.5. The van der Waals surface area contributed by atoms with Gasteiger partial charge in [0.25, 0.3) is 10.1 Å². The lowest BCUT2D eigenvalue weighted by Crippen LogP contribution is -2.25. The molecule has 0 amide bonds. The summed E-state index contributed by atoms with van der Waals surface area (Å²) in [6, 6.07) is 0. The Labute approximate surface area is 116 Å². The van der Waals surface area contributed by atoms with E-state index in [1.165, 1.54) is 6.08 Å². The van der Waals surface area contributed by atoms with Crippen molar-refractivity contribution in [1.29, 1.82) is 0 Å². The van der Waals surface area contributed by atoms with Gasteiger partial charge in [0.2, 0.25) is 0 Å². The first-order chi connectivity index (χ1) is 8.66. The highest BCUT2D eigenvalue weighted by atomic mass is 32.2. The van der Waals surface area contributed by atoms with E-state index in [1.807, 2.05) is 6.92 Å². The SMILES string of the molecule is CCC=CC(=O)OCCCCS(=O)(=O)OC(C)(C)C. The van der Waals surface area contributed by atoms with Crippen LogP contribution in [0.3, 0.4) is 0 Å². The van der Waals surface area contributed by atoms with Crippen molar-refractivity contribution >= 4 is 16.1 Å². The topological polar surface area (TPSA) is 69.7 Å². The predicted molar refractivity (Wildman–Crippen MR) is 74.2 cm³/mol. The Morgan fingerprint density at radius 3 is 2.37 bits per heavy atom. The van der Waals surface area contributed by atoms with Crippen LogP contribution in [0, 0.1) is 0 Å². The van der Waals surface area contributed by atoms with Crippen molar-refractivity contribution in [2.45, 2.75) is 52.6 Å². The van der Waals surface area contributed by atoms with Crippen molar-refractivity contribution in [3.05, 3.63) is 12.2 Å². The number of ether oxygens (including phenoxy) is 1. The van der Waals surface area contributed by atoms with Crippen LogP contribution in [0.15, 0.2) is 12.2 Å². The van der Waals surface area contributed by atoms with E-state index in [-0.39, 0.29) is 12.4 Å². The summed E-state index contributed by atoms with van der Waals surface area (Å²) in [4.78, 5) is 11.1. The van der Waals surface area contributed by atoms with Gasteiger partial charge in [0, 0.05) is 6.08 Å². The minimum Gasteiger partial charge on any atom is -0.463 e. The summed E-state index contributed by atoms with van der Waals surface area (Å²) in [6.45, 7) is 7.20. The molecule has 0 aromatic rings. The van der Waals surface area contributed by atoms with Gasteiger partial charge in [-0.2, -0.15) is 8.42 Å². The molecule has 0 aliphatic rings. The number of hydrogen-bond acceptors (Lipinski definition) is 5. The van der Waals surface area contributed by atoms with Gasteiger partial charge >= 0.3 is 5.97 Å². The number of esters is 1. The molecule has 0 unspecified atom stereocenters. The lowest BCUT2D eigenvalue weighted by atomic mass is 10.2. The van der Waals surface area contributed by atoms with Gasteiger partial charge in [0.1, 0.15) is 0 Å². The molecule has 19 heavy (non-hydrogen) atoms. The molecule has 5 nitrogen and oxygen atoms in total. The Hall–Kier alpha value is -0.880. The van der Waals surface area contributed by atoms with E-state index >= 15 is 0 Å². The molecule has 0 spiro atoms. The number of hydrogen-bond donors (Lipinski definition) is 0. The van der Waals surface area contributed by atoms with Crippen LogP contribution in [-0.2, 0) is 23.8 Å². The number of unbranched alkanes of at least 4 members (excludes halogenated alkanes) is 1. The van der Waals surface area contributed by atoms with Crippen LogP contribution in [0.4, 0.5) is 0 Å². The Kier molecular flexibility index (Phi) is 7.94. The van der Waals surface area contributed by atoms with Crippen LogP contribution in [-0.4, -0.2) is 32.3 Å². The van der Waals surface area contributed by atoms with E-state index in [0.717, 1.165) is 6.42 Å². The van der Waals surface area contributed by atoms with Crippen molar-refractivity contribution in [1.82, 2.24) is 0 Å². The van der Waals surface area contributed by atoms with E-state index < -0.39 is 21.7 Å². The van der Waals surface area contributed by atoms with Crippen LogP contribution in [0.25, 0.3) is 0 Å². The molecule has 6 heteroatoms. The Morgan fingerprint density at radius 1 is 1.21 bits per heavy atom. The van der Waals surface area contributed by atoms with Gasteiger partial charge in [0.15, 0.2) is 0 Å². The smallest absolute Gasteiger partial charge is 0.330 e. The van der Waals surface area contributed by atoms with Crippen LogP contribution in [0.1, 0.15) is 47.0 Å². The van der Waals surface area contributed by atoms with Crippen molar-refractivity contribution in [2.24, 2.45) is 0 Å². The number of carbonyl (C=O) groups excluding carboxylic acids is 1. The summed E-state index contributed by atoms with van der Waals surface area (Å²) in [5.74, 6) is -0.456. The highest BCUT2D eigenvalue weighted by Crippen LogP contribution is 2.13. The first-order valence-corrected chi connectivity index (χ1v) is 8.00. The Balaban J connectivity index is 3.81. The van der Waals surface area contributed by atoms with Crippen LogP contribution in [0.5, 0.6) is 0 Å². The van der Waals surface area contributed by atoms with Crippen LogP contribution >= 0.6 is 0 Å². The summed E-state index contributed by atoms with van der Waals surface area (Å²) in [5.41, 5.74) is -0.712. The average Bonchev–Trinajstić information content (AvgIpc) is 2.22. The van der Waals surface area contributed by atoms with Gasteiger partial charge in [-0.3, -0.25) is 4.18 Å². The highest BCUT2D eigenvalue weighted by Gasteiger charge is 2.21. The second-order valence-electron chi connectivity index (χ2n) is 5.14. The first kappa shape index (κ1) is 18.1. The monoisotopic (exact) mass is 292 g/mol. The lowest BCUT2D eigenvalue weighted by Gasteiger charge is -2.18. The molecule has 0 heterocycles. The van der Waals surface area contributed by atoms with E-state index in [2.05, 4.69) is 0 Å². The quantitative estimate of drug-likeness (QED) is 0.297. The zero-order valence-corrected chi connectivity index (χ0v) is 13.0. The minimum atomic E-state index is -3.51. The largest absolute Gasteiger partial charge is 0.463 e. The summed E-state index contributed by atoms with van der Waals surface area (Å²) in [6.07, 6.45) is 4.77. The van der Waals surface area contributed by atoms with Gasteiger partial charge in [0.05, 0.1) is 18.0 Å². The average molecular weight is 292 g/mol. The number of carbonyl (C=O) groups is 1. The second-order valence-corrected chi connectivity index (χ2v) is 6.83. The zero-order valence-electron chi connectivity index (χ0n) is 12.1. The molecule has 0 atom stereocenters. The normalized spacial score (nSPS) is 12.8. The van der Waals surface area contributed by atoms with Crippen LogP contribution < -0.4 is 0 Å². The van der Waals surface area contributed by atoms with E-state index in [0.29, 0.717) is 12.8 Å². The van der Waals surface area contributed by atoms with Crippen molar-refractivity contribution in [3.8, 4) is 0 Å². The molecule has 0 fully saturated rings. The third-order valence-corrected chi connectivity index (χ3v) is 3.44. The lowest BCUT2D eigenvalue weighted by molar-refractivity contribution is -0.137. The fourth-order valence-corrected chi connectivity index (χ4v) is 2.64. The molecule has 0 N–H and O–H groups in total. The molecule has 0 rings (SSSR count). The van der Waals surface area contributed by atoms with Gasteiger partial charge in [-0.25, -0.2) is 4.79 Å².